The lowest BCUT2D eigenvalue weighted by molar-refractivity contribution is 0.100. The van der Waals surface area contributed by atoms with E-state index < -0.39 is 5.60 Å². The fraction of sp³-hybridized carbons (Fsp3) is 0.385. The van der Waals surface area contributed by atoms with Crippen LogP contribution in [0, 0.1) is 18.3 Å². The monoisotopic (exact) mass is 188 g/mol. The van der Waals surface area contributed by atoms with Gasteiger partial charge < -0.3 is 4.74 Å². The first-order chi connectivity index (χ1) is 6.58. The molecular weight excluding hydrogens is 172 g/mol. The number of hydrogen-bond acceptors (Lipinski definition) is 1. The molecule has 0 aliphatic heterocycles. The minimum absolute atomic E-state index is 0.285. The van der Waals surface area contributed by atoms with E-state index in [4.69, 9.17) is 11.2 Å². The summed E-state index contributed by atoms with van der Waals surface area (Å²) in [6.07, 6.45) is 5.48. The first-order valence-corrected chi connectivity index (χ1v) is 4.80. The number of rotatable bonds is 3. The number of hydrogen-bond donors (Lipinski definition) is 0. The first-order valence-electron chi connectivity index (χ1n) is 4.80. The van der Waals surface area contributed by atoms with Gasteiger partial charge in [0.1, 0.15) is 5.75 Å². The van der Waals surface area contributed by atoms with Crippen molar-refractivity contribution in [2.45, 2.75) is 26.4 Å². The van der Waals surface area contributed by atoms with E-state index in [0.717, 1.165) is 5.75 Å². The molecule has 1 unspecified atom stereocenters. The highest BCUT2D eigenvalue weighted by Crippen LogP contribution is 2.23. The van der Waals surface area contributed by atoms with Gasteiger partial charge in [0.25, 0.3) is 0 Å². The summed E-state index contributed by atoms with van der Waals surface area (Å²) < 4.78 is 5.78. The Balaban J connectivity index is 2.83. The van der Waals surface area contributed by atoms with Crippen LogP contribution in [0.3, 0.4) is 0 Å². The Labute approximate surface area is 86.1 Å². The first kappa shape index (κ1) is 10.7. The van der Waals surface area contributed by atoms with Crippen LogP contribution in [0.15, 0.2) is 30.3 Å². The van der Waals surface area contributed by atoms with Crippen LogP contribution < -0.4 is 4.74 Å². The van der Waals surface area contributed by atoms with Crippen molar-refractivity contribution in [1.29, 1.82) is 0 Å². The van der Waals surface area contributed by atoms with E-state index >= 15 is 0 Å². The zero-order valence-electron chi connectivity index (χ0n) is 8.95. The third kappa shape index (κ3) is 2.29. The van der Waals surface area contributed by atoms with Gasteiger partial charge in [-0.15, -0.1) is 6.42 Å². The summed E-state index contributed by atoms with van der Waals surface area (Å²) in [6, 6.07) is 9.66. The van der Waals surface area contributed by atoms with E-state index in [1.165, 1.54) is 0 Å². The molecule has 0 saturated carbocycles. The molecule has 0 saturated heterocycles. The van der Waals surface area contributed by atoms with Gasteiger partial charge in [0.15, 0.2) is 5.60 Å². The van der Waals surface area contributed by atoms with Gasteiger partial charge >= 0.3 is 0 Å². The zero-order valence-corrected chi connectivity index (χ0v) is 8.95. The standard InChI is InChI=1S/C13H16O/c1-5-13(4,11(2)3)14-12-9-7-6-8-10-12/h1,6-11H,2-4H3. The minimum atomic E-state index is -0.526. The van der Waals surface area contributed by atoms with Crippen molar-refractivity contribution in [1.82, 2.24) is 0 Å². The van der Waals surface area contributed by atoms with E-state index in [2.05, 4.69) is 19.8 Å². The van der Waals surface area contributed by atoms with Gasteiger partial charge in [-0.2, -0.15) is 0 Å². The van der Waals surface area contributed by atoms with Crippen LogP contribution in [0.25, 0.3) is 0 Å². The van der Waals surface area contributed by atoms with Gasteiger partial charge in [0.05, 0.1) is 0 Å². The van der Waals surface area contributed by atoms with E-state index in [0.29, 0.717) is 0 Å². The Bertz CT molecular complexity index is 321. The van der Waals surface area contributed by atoms with Crippen molar-refractivity contribution in [2.75, 3.05) is 0 Å². The molecule has 1 rings (SSSR count). The predicted molar refractivity (Wildman–Crippen MR) is 59.1 cm³/mol. The summed E-state index contributed by atoms with van der Waals surface area (Å²) >= 11 is 0. The number of terminal acetylenes is 1. The van der Waals surface area contributed by atoms with Crippen molar-refractivity contribution in [3.8, 4) is 18.1 Å². The van der Waals surface area contributed by atoms with Crippen LogP contribution in [-0.4, -0.2) is 5.60 Å². The summed E-state index contributed by atoms with van der Waals surface area (Å²) in [5, 5.41) is 0. The molecule has 1 aromatic carbocycles. The van der Waals surface area contributed by atoms with Gasteiger partial charge in [-0.1, -0.05) is 38.0 Å². The van der Waals surface area contributed by atoms with Crippen LogP contribution in [-0.2, 0) is 0 Å². The number of para-hydroxylation sites is 1. The Hall–Kier alpha value is -1.42. The van der Waals surface area contributed by atoms with Crippen LogP contribution in [0.5, 0.6) is 5.75 Å². The molecule has 14 heavy (non-hydrogen) atoms. The van der Waals surface area contributed by atoms with Crippen molar-refractivity contribution in [3.05, 3.63) is 30.3 Å². The van der Waals surface area contributed by atoms with Crippen LogP contribution in [0.4, 0.5) is 0 Å². The van der Waals surface area contributed by atoms with E-state index in [1.807, 2.05) is 37.3 Å². The van der Waals surface area contributed by atoms with E-state index in [-0.39, 0.29) is 5.92 Å². The molecule has 1 atom stereocenters. The summed E-state index contributed by atoms with van der Waals surface area (Å²) in [5.41, 5.74) is -0.526. The molecule has 0 aliphatic rings. The second-order valence-electron chi connectivity index (χ2n) is 3.82. The molecule has 74 valence electrons. The fourth-order valence-corrected chi connectivity index (χ4v) is 1.05. The van der Waals surface area contributed by atoms with Gasteiger partial charge in [0.2, 0.25) is 0 Å². The molecule has 0 bridgehead atoms. The van der Waals surface area contributed by atoms with Crippen molar-refractivity contribution in [2.24, 2.45) is 5.92 Å². The average Bonchev–Trinajstić information content (AvgIpc) is 2.19. The normalized spacial score (nSPS) is 14.5. The highest BCUT2D eigenvalue weighted by molar-refractivity contribution is 5.24. The zero-order chi connectivity index (χ0) is 10.6. The smallest absolute Gasteiger partial charge is 0.168 e. The molecule has 0 spiro atoms. The molecule has 0 aromatic heterocycles. The molecule has 0 N–H and O–H groups in total. The second-order valence-corrected chi connectivity index (χ2v) is 3.82. The maximum absolute atomic E-state index is 5.78. The quantitative estimate of drug-likeness (QED) is 0.662. The molecule has 0 amide bonds. The van der Waals surface area contributed by atoms with E-state index in [1.54, 1.807) is 0 Å². The second kappa shape index (κ2) is 4.19. The van der Waals surface area contributed by atoms with Crippen molar-refractivity contribution >= 4 is 0 Å². The molecular formula is C13H16O. The highest BCUT2D eigenvalue weighted by Gasteiger charge is 2.27. The highest BCUT2D eigenvalue weighted by atomic mass is 16.5. The maximum atomic E-state index is 5.78. The molecule has 0 fully saturated rings. The third-order valence-corrected chi connectivity index (χ3v) is 2.46. The Kier molecular flexibility index (Phi) is 3.19. The molecule has 1 nitrogen and oxygen atoms in total. The topological polar surface area (TPSA) is 9.23 Å². The van der Waals surface area contributed by atoms with Gasteiger partial charge in [-0.05, 0) is 19.1 Å². The van der Waals surface area contributed by atoms with Gasteiger partial charge in [-0.25, -0.2) is 0 Å². The third-order valence-electron chi connectivity index (χ3n) is 2.46. The van der Waals surface area contributed by atoms with Crippen molar-refractivity contribution in [3.63, 3.8) is 0 Å². The lowest BCUT2D eigenvalue weighted by Crippen LogP contribution is -2.36. The maximum Gasteiger partial charge on any atom is 0.168 e. The number of ether oxygens (including phenoxy) is 1. The lowest BCUT2D eigenvalue weighted by atomic mass is 9.93. The largest absolute Gasteiger partial charge is 0.475 e. The molecule has 0 heterocycles. The summed E-state index contributed by atoms with van der Waals surface area (Å²) in [5.74, 6) is 3.81. The fourth-order valence-electron chi connectivity index (χ4n) is 1.05. The summed E-state index contributed by atoms with van der Waals surface area (Å²) in [7, 11) is 0. The summed E-state index contributed by atoms with van der Waals surface area (Å²) in [4.78, 5) is 0. The van der Waals surface area contributed by atoms with Crippen molar-refractivity contribution < 1.29 is 4.74 Å². The van der Waals surface area contributed by atoms with E-state index in [9.17, 15) is 0 Å². The Morgan fingerprint density at radius 1 is 1.29 bits per heavy atom. The molecule has 1 aromatic rings. The Morgan fingerprint density at radius 3 is 2.29 bits per heavy atom. The lowest BCUT2D eigenvalue weighted by Gasteiger charge is -2.29. The molecule has 0 aliphatic carbocycles. The van der Waals surface area contributed by atoms with Gasteiger partial charge in [-0.3, -0.25) is 0 Å². The average molecular weight is 188 g/mol. The van der Waals surface area contributed by atoms with Gasteiger partial charge in [0, 0.05) is 5.92 Å². The summed E-state index contributed by atoms with van der Waals surface area (Å²) in [6.45, 7) is 6.05. The SMILES string of the molecule is C#CC(C)(Oc1ccccc1)C(C)C. The minimum Gasteiger partial charge on any atom is -0.475 e. The van der Waals surface area contributed by atoms with Crippen LogP contribution >= 0.6 is 0 Å². The van der Waals surface area contributed by atoms with Crippen LogP contribution in [0.2, 0.25) is 0 Å². The number of benzene rings is 1. The molecule has 0 radical (unpaired) electrons. The van der Waals surface area contributed by atoms with Crippen LogP contribution in [0.1, 0.15) is 20.8 Å². The molecule has 1 heteroatoms. The predicted octanol–water partition coefficient (Wildman–Crippen LogP) is 3.11. The Morgan fingerprint density at radius 2 is 1.86 bits per heavy atom.